The van der Waals surface area contributed by atoms with Gasteiger partial charge in [0.1, 0.15) is 5.82 Å². The molecule has 1 aliphatic carbocycles. The lowest BCUT2D eigenvalue weighted by atomic mass is 9.86. The van der Waals surface area contributed by atoms with E-state index in [2.05, 4.69) is 31.6 Å². The van der Waals surface area contributed by atoms with E-state index in [-0.39, 0.29) is 24.1 Å². The van der Waals surface area contributed by atoms with Gasteiger partial charge >= 0.3 is 5.97 Å². The second-order valence-corrected chi connectivity index (χ2v) is 9.60. The number of nitrogens with one attached hydrogen (secondary N) is 1. The summed E-state index contributed by atoms with van der Waals surface area (Å²) in [4.78, 5) is 28.2. The lowest BCUT2D eigenvalue weighted by molar-refractivity contribution is -0.142. The number of hydrogen-bond acceptors (Lipinski definition) is 8. The fourth-order valence-corrected chi connectivity index (χ4v) is 5.32. The van der Waals surface area contributed by atoms with Gasteiger partial charge in [-0.1, -0.05) is 49.9 Å². The van der Waals surface area contributed by atoms with Gasteiger partial charge in [-0.3, -0.25) is 9.59 Å². The van der Waals surface area contributed by atoms with Crippen LogP contribution >= 0.6 is 23.1 Å². The van der Waals surface area contributed by atoms with E-state index in [1.54, 1.807) is 12.3 Å². The van der Waals surface area contributed by atoms with E-state index in [4.69, 9.17) is 4.74 Å². The van der Waals surface area contributed by atoms with Gasteiger partial charge in [-0.2, -0.15) is 0 Å². The van der Waals surface area contributed by atoms with Crippen molar-refractivity contribution in [3.63, 3.8) is 0 Å². The lowest BCUT2D eigenvalue weighted by Crippen LogP contribution is -2.15. The number of amides is 1. The number of carbonyl (C=O) groups is 2. The van der Waals surface area contributed by atoms with Gasteiger partial charge in [-0.25, -0.2) is 4.98 Å². The molecular formula is C22H31N5O3S2. The summed E-state index contributed by atoms with van der Waals surface area (Å²) < 4.78 is 6.97. The standard InChI is InChI=1S/C22H31N5O3S2/c1-3-12-27-18(11-10-16-8-6-5-7-9-16)25-26-22(27)32-15-19(28)24-21-23-17(14-31-21)13-20(29)30-4-2/h3,14,16H,1,4-13,15H2,2H3,(H,23,24,28). The largest absolute Gasteiger partial charge is 0.466 e. The van der Waals surface area contributed by atoms with Crippen molar-refractivity contribution in [3.05, 3.63) is 29.6 Å². The lowest BCUT2D eigenvalue weighted by Gasteiger charge is -2.21. The molecule has 0 aliphatic heterocycles. The fraction of sp³-hybridized carbons (Fsp3) is 0.591. The van der Waals surface area contributed by atoms with Crippen molar-refractivity contribution in [1.82, 2.24) is 19.7 Å². The summed E-state index contributed by atoms with van der Waals surface area (Å²) in [6.45, 7) is 6.57. The molecule has 174 valence electrons. The number of ether oxygens (including phenoxy) is 1. The fourth-order valence-electron chi connectivity index (χ4n) is 3.82. The van der Waals surface area contributed by atoms with Gasteiger partial charge < -0.3 is 14.6 Å². The average molecular weight is 478 g/mol. The number of nitrogens with zero attached hydrogens (tertiary/aromatic N) is 4. The first-order valence-corrected chi connectivity index (χ1v) is 13.0. The Morgan fingerprint density at radius 1 is 1.34 bits per heavy atom. The Balaban J connectivity index is 1.50. The molecule has 32 heavy (non-hydrogen) atoms. The van der Waals surface area contributed by atoms with E-state index >= 15 is 0 Å². The topological polar surface area (TPSA) is 99.0 Å². The smallest absolute Gasteiger partial charge is 0.311 e. The molecule has 0 radical (unpaired) electrons. The van der Waals surface area contributed by atoms with Crippen LogP contribution < -0.4 is 5.32 Å². The van der Waals surface area contributed by atoms with Crippen molar-refractivity contribution in [2.75, 3.05) is 17.7 Å². The maximum atomic E-state index is 12.4. The Kier molecular flexibility index (Phi) is 9.73. The van der Waals surface area contributed by atoms with Crippen molar-refractivity contribution >= 4 is 40.1 Å². The first kappa shape index (κ1) is 24.4. The molecule has 1 amide bonds. The molecule has 0 bridgehead atoms. The number of aryl methyl sites for hydroxylation is 1. The van der Waals surface area contributed by atoms with Crippen LogP contribution in [0.4, 0.5) is 5.13 Å². The SMILES string of the molecule is C=CCn1c(CCC2CCCCC2)nnc1SCC(=O)Nc1nc(CC(=O)OCC)cs1. The molecule has 2 aromatic heterocycles. The van der Waals surface area contributed by atoms with Gasteiger partial charge in [0.2, 0.25) is 5.91 Å². The van der Waals surface area contributed by atoms with Gasteiger partial charge in [0, 0.05) is 18.3 Å². The van der Waals surface area contributed by atoms with E-state index in [0.29, 0.717) is 24.0 Å². The van der Waals surface area contributed by atoms with Crippen LogP contribution in [0.2, 0.25) is 0 Å². The number of anilines is 1. The molecule has 0 aromatic carbocycles. The van der Waals surface area contributed by atoms with Crippen LogP contribution in [0, 0.1) is 5.92 Å². The quantitative estimate of drug-likeness (QED) is 0.277. The first-order chi connectivity index (χ1) is 15.6. The third kappa shape index (κ3) is 7.44. The average Bonchev–Trinajstić information content (AvgIpc) is 3.38. The minimum atomic E-state index is -0.327. The molecule has 10 heteroatoms. The molecule has 1 aliphatic rings. The molecular weight excluding hydrogens is 446 g/mol. The van der Waals surface area contributed by atoms with E-state index in [1.807, 2.05) is 6.08 Å². The third-order valence-electron chi connectivity index (χ3n) is 5.37. The van der Waals surface area contributed by atoms with Crippen molar-refractivity contribution in [2.45, 2.75) is 70.0 Å². The zero-order valence-electron chi connectivity index (χ0n) is 18.5. The van der Waals surface area contributed by atoms with Crippen molar-refractivity contribution in [2.24, 2.45) is 5.92 Å². The summed E-state index contributed by atoms with van der Waals surface area (Å²) in [6.07, 6.45) is 10.6. The zero-order valence-corrected chi connectivity index (χ0v) is 20.2. The first-order valence-electron chi connectivity index (χ1n) is 11.1. The minimum absolute atomic E-state index is 0.100. The molecule has 0 saturated heterocycles. The van der Waals surface area contributed by atoms with E-state index in [1.165, 1.54) is 55.2 Å². The predicted molar refractivity (Wildman–Crippen MR) is 127 cm³/mol. The molecule has 0 unspecified atom stereocenters. The van der Waals surface area contributed by atoms with Gasteiger partial charge in [-0.05, 0) is 19.3 Å². The van der Waals surface area contributed by atoms with Crippen LogP contribution in [0.5, 0.6) is 0 Å². The second kappa shape index (κ2) is 12.7. The number of rotatable bonds is 12. The van der Waals surface area contributed by atoms with Gasteiger partial charge in [-0.15, -0.1) is 28.1 Å². The molecule has 8 nitrogen and oxygen atoms in total. The zero-order chi connectivity index (χ0) is 22.8. The highest BCUT2D eigenvalue weighted by molar-refractivity contribution is 7.99. The monoisotopic (exact) mass is 477 g/mol. The van der Waals surface area contributed by atoms with Crippen molar-refractivity contribution < 1.29 is 14.3 Å². The highest BCUT2D eigenvalue weighted by atomic mass is 32.2. The Hall–Kier alpha value is -2.20. The van der Waals surface area contributed by atoms with E-state index < -0.39 is 0 Å². The van der Waals surface area contributed by atoms with Crippen molar-refractivity contribution in [1.29, 1.82) is 0 Å². The molecule has 1 fully saturated rings. The van der Waals surface area contributed by atoms with Crippen LogP contribution in [0.15, 0.2) is 23.2 Å². The number of carbonyl (C=O) groups excluding carboxylic acids is 2. The highest BCUT2D eigenvalue weighted by Gasteiger charge is 2.18. The van der Waals surface area contributed by atoms with E-state index in [9.17, 15) is 9.59 Å². The Bertz CT molecular complexity index is 905. The summed E-state index contributed by atoms with van der Waals surface area (Å²) >= 11 is 2.64. The van der Waals surface area contributed by atoms with E-state index in [0.717, 1.165) is 29.7 Å². The summed E-state index contributed by atoms with van der Waals surface area (Å²) in [6, 6.07) is 0. The maximum Gasteiger partial charge on any atom is 0.311 e. The predicted octanol–water partition coefficient (Wildman–Crippen LogP) is 4.27. The number of hydrogen-bond donors (Lipinski definition) is 1. The highest BCUT2D eigenvalue weighted by Crippen LogP contribution is 2.28. The number of esters is 1. The minimum Gasteiger partial charge on any atom is -0.466 e. The Morgan fingerprint density at radius 3 is 2.91 bits per heavy atom. The normalized spacial score (nSPS) is 14.3. The van der Waals surface area contributed by atoms with Gasteiger partial charge in [0.25, 0.3) is 0 Å². The summed E-state index contributed by atoms with van der Waals surface area (Å²) in [5.41, 5.74) is 0.588. The molecule has 0 atom stereocenters. The van der Waals surface area contributed by atoms with Gasteiger partial charge in [0.05, 0.1) is 24.5 Å². The third-order valence-corrected chi connectivity index (χ3v) is 7.14. The molecule has 2 heterocycles. The van der Waals surface area contributed by atoms with Crippen LogP contribution in [-0.2, 0) is 33.7 Å². The number of thiazole rings is 1. The Labute approximate surface area is 197 Å². The number of thioether (sulfide) groups is 1. The summed E-state index contributed by atoms with van der Waals surface area (Å²) in [7, 11) is 0. The van der Waals surface area contributed by atoms with Crippen LogP contribution in [-0.4, -0.2) is 44.0 Å². The molecule has 1 N–H and O–H groups in total. The second-order valence-electron chi connectivity index (χ2n) is 7.80. The maximum absolute atomic E-state index is 12.4. The summed E-state index contributed by atoms with van der Waals surface area (Å²) in [5.74, 6) is 1.44. The molecule has 2 aromatic rings. The summed E-state index contributed by atoms with van der Waals surface area (Å²) in [5, 5.41) is 14.4. The van der Waals surface area contributed by atoms with Crippen molar-refractivity contribution in [3.8, 4) is 0 Å². The molecule has 3 rings (SSSR count). The van der Waals surface area contributed by atoms with Crippen LogP contribution in [0.3, 0.4) is 0 Å². The molecule has 1 saturated carbocycles. The molecule has 0 spiro atoms. The van der Waals surface area contributed by atoms with Crippen LogP contribution in [0.25, 0.3) is 0 Å². The Morgan fingerprint density at radius 2 is 2.16 bits per heavy atom. The van der Waals surface area contributed by atoms with Crippen LogP contribution in [0.1, 0.15) is 57.0 Å². The van der Waals surface area contributed by atoms with Gasteiger partial charge in [0.15, 0.2) is 10.3 Å². The number of allylic oxidation sites excluding steroid dienone is 1. The number of aromatic nitrogens is 4.